The van der Waals surface area contributed by atoms with Gasteiger partial charge in [0.25, 0.3) is 0 Å². The summed E-state index contributed by atoms with van der Waals surface area (Å²) in [5, 5.41) is 0. The van der Waals surface area contributed by atoms with Gasteiger partial charge in [-0.05, 0) is 46.3 Å². The predicted molar refractivity (Wildman–Crippen MR) is 73.8 cm³/mol. The minimum Gasteiger partial charge on any atom is -0.446 e. The Morgan fingerprint density at radius 2 is 1.95 bits per heavy atom. The normalized spacial score (nSPS) is 11.5. The van der Waals surface area contributed by atoms with Crippen LogP contribution in [0.5, 0.6) is 0 Å². The molecule has 0 aliphatic heterocycles. The van der Waals surface area contributed by atoms with Crippen LogP contribution in [0.2, 0.25) is 0 Å². The standard InChI is InChI=1S/C12H10BrNO4S/c1-19(16,17)9-5-7(4-8(14)6-9)12(15)10-2-3-11(13)18-10/h2-6H,14H2,1H3. The highest BCUT2D eigenvalue weighted by Crippen LogP contribution is 2.21. The van der Waals surface area contributed by atoms with Crippen LogP contribution in [-0.4, -0.2) is 20.5 Å². The number of carbonyl (C=O) groups excluding carboxylic acids is 1. The van der Waals surface area contributed by atoms with Crippen molar-refractivity contribution in [2.24, 2.45) is 0 Å². The first-order chi connectivity index (χ1) is 8.77. The number of nitrogens with two attached hydrogens (primary N) is 1. The number of ketones is 1. The molecular weight excluding hydrogens is 334 g/mol. The van der Waals surface area contributed by atoms with Crippen molar-refractivity contribution in [2.75, 3.05) is 12.0 Å². The highest BCUT2D eigenvalue weighted by Gasteiger charge is 2.17. The second-order valence-corrected chi connectivity index (χ2v) is 6.79. The van der Waals surface area contributed by atoms with E-state index < -0.39 is 15.6 Å². The molecule has 0 radical (unpaired) electrons. The summed E-state index contributed by atoms with van der Waals surface area (Å²) in [4.78, 5) is 12.1. The fourth-order valence-corrected chi connectivity index (χ4v) is 2.54. The third kappa shape index (κ3) is 3.05. The van der Waals surface area contributed by atoms with Crippen molar-refractivity contribution in [3.63, 3.8) is 0 Å². The van der Waals surface area contributed by atoms with Gasteiger partial charge in [0.1, 0.15) is 0 Å². The largest absolute Gasteiger partial charge is 0.446 e. The first-order valence-corrected chi connectivity index (χ1v) is 7.86. The minimum atomic E-state index is -3.43. The van der Waals surface area contributed by atoms with E-state index in [0.717, 1.165) is 6.26 Å². The van der Waals surface area contributed by atoms with Crippen LogP contribution in [0.1, 0.15) is 16.1 Å². The highest BCUT2D eigenvalue weighted by atomic mass is 79.9. The van der Waals surface area contributed by atoms with Crippen molar-refractivity contribution in [3.8, 4) is 0 Å². The van der Waals surface area contributed by atoms with Gasteiger partial charge in [0.05, 0.1) is 4.90 Å². The smallest absolute Gasteiger partial charge is 0.228 e. The van der Waals surface area contributed by atoms with E-state index in [1.165, 1.54) is 24.3 Å². The van der Waals surface area contributed by atoms with Gasteiger partial charge >= 0.3 is 0 Å². The molecule has 0 atom stereocenters. The maximum Gasteiger partial charge on any atom is 0.228 e. The predicted octanol–water partition coefficient (Wildman–Crippen LogP) is 2.26. The molecule has 0 amide bonds. The maximum atomic E-state index is 12.1. The van der Waals surface area contributed by atoms with E-state index >= 15 is 0 Å². The van der Waals surface area contributed by atoms with Crippen molar-refractivity contribution in [3.05, 3.63) is 46.3 Å². The molecule has 0 fully saturated rings. The van der Waals surface area contributed by atoms with Crippen LogP contribution in [0.15, 0.2) is 44.3 Å². The Balaban J connectivity index is 2.52. The van der Waals surface area contributed by atoms with Gasteiger partial charge in [-0.3, -0.25) is 4.79 Å². The average molecular weight is 344 g/mol. The summed E-state index contributed by atoms with van der Waals surface area (Å²) in [6.07, 6.45) is 1.06. The summed E-state index contributed by atoms with van der Waals surface area (Å²) < 4.78 is 28.6. The number of hydrogen-bond acceptors (Lipinski definition) is 5. The Kier molecular flexibility index (Phi) is 3.51. The van der Waals surface area contributed by atoms with Gasteiger partial charge < -0.3 is 10.2 Å². The zero-order valence-corrected chi connectivity index (χ0v) is 12.3. The molecule has 0 bridgehead atoms. The van der Waals surface area contributed by atoms with E-state index in [0.29, 0.717) is 4.67 Å². The van der Waals surface area contributed by atoms with E-state index in [2.05, 4.69) is 15.9 Å². The number of furan rings is 1. The van der Waals surface area contributed by atoms with Crippen LogP contribution in [0.25, 0.3) is 0 Å². The summed E-state index contributed by atoms with van der Waals surface area (Å²) in [6.45, 7) is 0. The lowest BCUT2D eigenvalue weighted by molar-refractivity contribution is 0.101. The summed E-state index contributed by atoms with van der Waals surface area (Å²) in [6, 6.07) is 7.08. The monoisotopic (exact) mass is 343 g/mol. The summed E-state index contributed by atoms with van der Waals surface area (Å²) in [7, 11) is -3.43. The molecule has 1 aromatic heterocycles. The molecule has 2 N–H and O–H groups in total. The molecular formula is C12H10BrNO4S. The fraction of sp³-hybridized carbons (Fsp3) is 0.0833. The number of rotatable bonds is 3. The Morgan fingerprint density at radius 1 is 1.26 bits per heavy atom. The molecule has 19 heavy (non-hydrogen) atoms. The third-order valence-corrected chi connectivity index (χ3v) is 3.93. The van der Waals surface area contributed by atoms with Gasteiger partial charge in [-0.2, -0.15) is 0 Å². The molecule has 0 unspecified atom stereocenters. The first kappa shape index (κ1) is 13.8. The first-order valence-electron chi connectivity index (χ1n) is 5.18. The van der Waals surface area contributed by atoms with Crippen molar-refractivity contribution >= 4 is 37.2 Å². The van der Waals surface area contributed by atoms with Gasteiger partial charge in [0.15, 0.2) is 20.3 Å². The Labute approximate surface area is 118 Å². The number of sulfone groups is 1. The molecule has 0 saturated heterocycles. The minimum absolute atomic E-state index is 0.00136. The molecule has 0 saturated carbocycles. The summed E-state index contributed by atoms with van der Waals surface area (Å²) in [5.74, 6) is -0.320. The number of carbonyl (C=O) groups is 1. The van der Waals surface area contributed by atoms with Crippen molar-refractivity contribution in [1.82, 2.24) is 0 Å². The fourth-order valence-electron chi connectivity index (χ4n) is 1.55. The molecule has 100 valence electrons. The van der Waals surface area contributed by atoms with Crippen molar-refractivity contribution in [1.29, 1.82) is 0 Å². The number of hydrogen-bond donors (Lipinski definition) is 1. The number of nitrogen functional groups attached to an aromatic ring is 1. The van der Waals surface area contributed by atoms with Crippen LogP contribution in [0.4, 0.5) is 5.69 Å². The molecule has 2 aromatic rings. The molecule has 0 aliphatic rings. The third-order valence-electron chi connectivity index (χ3n) is 2.42. The Bertz CT molecular complexity index is 749. The van der Waals surface area contributed by atoms with Crippen molar-refractivity contribution in [2.45, 2.75) is 4.90 Å². The second kappa shape index (κ2) is 4.82. The number of halogens is 1. The Morgan fingerprint density at radius 3 is 2.47 bits per heavy atom. The van der Waals surface area contributed by atoms with Gasteiger partial charge in [-0.25, -0.2) is 8.42 Å². The lowest BCUT2D eigenvalue weighted by Crippen LogP contribution is -2.05. The lowest BCUT2D eigenvalue weighted by Gasteiger charge is -2.04. The molecule has 0 aliphatic carbocycles. The summed E-state index contributed by atoms with van der Waals surface area (Å²) in [5.41, 5.74) is 5.99. The Hall–Kier alpha value is -1.60. The second-order valence-electron chi connectivity index (χ2n) is 4.00. The van der Waals surface area contributed by atoms with Crippen molar-refractivity contribution < 1.29 is 17.6 Å². The number of benzene rings is 1. The summed E-state index contributed by atoms with van der Waals surface area (Å²) >= 11 is 3.09. The van der Waals surface area contributed by atoms with Crippen LogP contribution < -0.4 is 5.73 Å². The van der Waals surface area contributed by atoms with Gasteiger partial charge in [0.2, 0.25) is 5.78 Å². The van der Waals surface area contributed by atoms with E-state index in [9.17, 15) is 13.2 Å². The van der Waals surface area contributed by atoms with Crippen LogP contribution in [0.3, 0.4) is 0 Å². The topological polar surface area (TPSA) is 90.4 Å². The van der Waals surface area contributed by atoms with Gasteiger partial charge in [-0.15, -0.1) is 0 Å². The molecule has 1 aromatic carbocycles. The average Bonchev–Trinajstić information content (AvgIpc) is 2.73. The molecule has 0 spiro atoms. The maximum absolute atomic E-state index is 12.1. The quantitative estimate of drug-likeness (QED) is 0.681. The zero-order chi connectivity index (χ0) is 14.2. The van der Waals surface area contributed by atoms with Crippen LogP contribution in [-0.2, 0) is 9.84 Å². The number of anilines is 1. The zero-order valence-electron chi connectivity index (χ0n) is 9.88. The SMILES string of the molecule is CS(=O)(=O)c1cc(N)cc(C(=O)c2ccc(Br)o2)c1. The highest BCUT2D eigenvalue weighted by molar-refractivity contribution is 9.10. The molecule has 7 heteroatoms. The van der Waals surface area contributed by atoms with E-state index in [4.69, 9.17) is 10.2 Å². The molecule has 2 rings (SSSR count). The molecule has 5 nitrogen and oxygen atoms in total. The van der Waals surface area contributed by atoms with Gasteiger partial charge in [-0.1, -0.05) is 0 Å². The van der Waals surface area contributed by atoms with Crippen LogP contribution in [0, 0.1) is 0 Å². The van der Waals surface area contributed by atoms with Gasteiger partial charge in [0, 0.05) is 17.5 Å². The van der Waals surface area contributed by atoms with E-state index in [1.807, 2.05) is 0 Å². The molecule has 1 heterocycles. The van der Waals surface area contributed by atoms with Crippen LogP contribution >= 0.6 is 15.9 Å². The van der Waals surface area contributed by atoms with E-state index in [-0.39, 0.29) is 21.9 Å². The lowest BCUT2D eigenvalue weighted by atomic mass is 10.1. The van der Waals surface area contributed by atoms with E-state index in [1.54, 1.807) is 6.07 Å².